The van der Waals surface area contributed by atoms with Crippen LogP contribution in [-0.4, -0.2) is 14.8 Å². The number of nitrogens with zero attached hydrogens (tertiary/aromatic N) is 4. The average molecular weight is 263 g/mol. The van der Waals surface area contributed by atoms with Gasteiger partial charge in [-0.25, -0.2) is 4.98 Å². The molecule has 0 saturated carbocycles. The van der Waals surface area contributed by atoms with Gasteiger partial charge in [0.25, 0.3) is 0 Å². The fourth-order valence-electron chi connectivity index (χ4n) is 2.07. The number of aryl methyl sites for hydroxylation is 1. The molecule has 2 heterocycles. The van der Waals surface area contributed by atoms with Crippen molar-refractivity contribution >= 4 is 16.7 Å². The van der Waals surface area contributed by atoms with Gasteiger partial charge in [-0.1, -0.05) is 18.2 Å². The van der Waals surface area contributed by atoms with Crippen LogP contribution in [0, 0.1) is 11.3 Å². The number of fused-ring (bicyclic) bond motifs is 1. The van der Waals surface area contributed by atoms with Crippen LogP contribution in [0.2, 0.25) is 0 Å². The zero-order valence-corrected chi connectivity index (χ0v) is 11.0. The molecule has 1 aromatic carbocycles. The Morgan fingerprint density at radius 1 is 1.30 bits per heavy atom. The SMILES string of the molecule is Cn1ccc(CNc2nc3ccccc3cc2C#N)n1. The lowest BCUT2D eigenvalue weighted by Gasteiger charge is -2.07. The Labute approximate surface area is 116 Å². The topological polar surface area (TPSA) is 66.5 Å². The molecule has 20 heavy (non-hydrogen) atoms. The summed E-state index contributed by atoms with van der Waals surface area (Å²) >= 11 is 0. The van der Waals surface area contributed by atoms with Crippen LogP contribution in [0.4, 0.5) is 5.82 Å². The summed E-state index contributed by atoms with van der Waals surface area (Å²) < 4.78 is 1.75. The van der Waals surface area contributed by atoms with Crippen molar-refractivity contribution in [3.8, 4) is 6.07 Å². The molecule has 3 rings (SSSR count). The van der Waals surface area contributed by atoms with Crippen LogP contribution in [0.25, 0.3) is 10.9 Å². The van der Waals surface area contributed by atoms with Gasteiger partial charge in [0.1, 0.15) is 11.9 Å². The average Bonchev–Trinajstić information content (AvgIpc) is 2.89. The number of anilines is 1. The maximum atomic E-state index is 9.23. The summed E-state index contributed by atoms with van der Waals surface area (Å²) in [5, 5.41) is 17.7. The molecule has 0 saturated heterocycles. The van der Waals surface area contributed by atoms with Crippen LogP contribution >= 0.6 is 0 Å². The van der Waals surface area contributed by atoms with Crippen LogP contribution in [0.5, 0.6) is 0 Å². The van der Waals surface area contributed by atoms with E-state index in [-0.39, 0.29) is 0 Å². The molecular formula is C15H13N5. The first kappa shape index (κ1) is 12.2. The number of benzene rings is 1. The van der Waals surface area contributed by atoms with E-state index in [0.29, 0.717) is 17.9 Å². The third-order valence-electron chi connectivity index (χ3n) is 3.05. The zero-order chi connectivity index (χ0) is 13.9. The number of aromatic nitrogens is 3. The Hall–Kier alpha value is -2.87. The summed E-state index contributed by atoms with van der Waals surface area (Å²) in [6.07, 6.45) is 1.88. The van der Waals surface area contributed by atoms with E-state index in [1.54, 1.807) is 4.68 Å². The molecule has 0 aliphatic heterocycles. The molecule has 0 fully saturated rings. The smallest absolute Gasteiger partial charge is 0.144 e. The molecule has 0 amide bonds. The van der Waals surface area contributed by atoms with Crippen molar-refractivity contribution in [2.75, 3.05) is 5.32 Å². The summed E-state index contributed by atoms with van der Waals surface area (Å²) in [7, 11) is 1.87. The van der Waals surface area contributed by atoms with E-state index >= 15 is 0 Å². The van der Waals surface area contributed by atoms with Crippen LogP contribution in [0.3, 0.4) is 0 Å². The first-order valence-corrected chi connectivity index (χ1v) is 6.28. The van der Waals surface area contributed by atoms with Gasteiger partial charge in [0, 0.05) is 18.6 Å². The molecule has 0 unspecified atom stereocenters. The molecule has 0 radical (unpaired) electrons. The number of rotatable bonds is 3. The molecule has 2 aromatic heterocycles. The van der Waals surface area contributed by atoms with Crippen molar-refractivity contribution in [2.45, 2.75) is 6.54 Å². The number of pyridine rings is 1. The van der Waals surface area contributed by atoms with E-state index in [4.69, 9.17) is 0 Å². The predicted octanol–water partition coefficient (Wildman–Crippen LogP) is 2.45. The molecule has 0 aliphatic rings. The van der Waals surface area contributed by atoms with Crippen LogP contribution in [0.15, 0.2) is 42.6 Å². The second-order valence-electron chi connectivity index (χ2n) is 4.52. The lowest BCUT2D eigenvalue weighted by atomic mass is 10.1. The molecule has 5 nitrogen and oxygen atoms in total. The quantitative estimate of drug-likeness (QED) is 0.788. The highest BCUT2D eigenvalue weighted by molar-refractivity contribution is 5.82. The van der Waals surface area contributed by atoms with Gasteiger partial charge in [0.15, 0.2) is 0 Å². The van der Waals surface area contributed by atoms with E-state index in [2.05, 4.69) is 21.5 Å². The Morgan fingerprint density at radius 3 is 2.90 bits per heavy atom. The zero-order valence-electron chi connectivity index (χ0n) is 11.0. The fraction of sp³-hybridized carbons (Fsp3) is 0.133. The van der Waals surface area contributed by atoms with Gasteiger partial charge in [-0.15, -0.1) is 0 Å². The monoisotopic (exact) mass is 263 g/mol. The van der Waals surface area contributed by atoms with E-state index in [9.17, 15) is 5.26 Å². The van der Waals surface area contributed by atoms with Crippen molar-refractivity contribution in [2.24, 2.45) is 7.05 Å². The number of hydrogen-bond donors (Lipinski definition) is 1. The standard InChI is InChI=1S/C15H13N5/c1-20-7-6-13(19-20)10-17-15-12(9-16)8-11-4-2-3-5-14(11)18-15/h2-8H,10H2,1H3,(H,17,18). The highest BCUT2D eigenvalue weighted by Crippen LogP contribution is 2.20. The second-order valence-corrected chi connectivity index (χ2v) is 4.52. The molecule has 0 aliphatic carbocycles. The van der Waals surface area contributed by atoms with Crippen molar-refractivity contribution < 1.29 is 0 Å². The van der Waals surface area contributed by atoms with Gasteiger partial charge in [-0.3, -0.25) is 4.68 Å². The van der Waals surface area contributed by atoms with Gasteiger partial charge in [0.2, 0.25) is 0 Å². The molecule has 0 bridgehead atoms. The van der Waals surface area contributed by atoms with Crippen molar-refractivity contribution in [3.63, 3.8) is 0 Å². The van der Waals surface area contributed by atoms with Gasteiger partial charge in [-0.2, -0.15) is 10.4 Å². The Morgan fingerprint density at radius 2 is 2.15 bits per heavy atom. The van der Waals surface area contributed by atoms with E-state index in [1.165, 1.54) is 0 Å². The van der Waals surface area contributed by atoms with Crippen LogP contribution in [0.1, 0.15) is 11.3 Å². The minimum absolute atomic E-state index is 0.541. The maximum absolute atomic E-state index is 9.23. The minimum Gasteiger partial charge on any atom is -0.363 e. The van der Waals surface area contributed by atoms with Crippen LogP contribution in [-0.2, 0) is 13.6 Å². The van der Waals surface area contributed by atoms with Crippen molar-refractivity contribution in [1.82, 2.24) is 14.8 Å². The molecular weight excluding hydrogens is 250 g/mol. The third kappa shape index (κ3) is 2.31. The molecule has 0 spiro atoms. The lowest BCUT2D eigenvalue weighted by molar-refractivity contribution is 0.747. The first-order chi connectivity index (χ1) is 9.76. The second kappa shape index (κ2) is 5.02. The molecule has 3 aromatic rings. The Bertz CT molecular complexity index is 797. The molecule has 1 N–H and O–H groups in total. The van der Waals surface area contributed by atoms with Gasteiger partial charge < -0.3 is 5.32 Å². The third-order valence-corrected chi connectivity index (χ3v) is 3.05. The van der Waals surface area contributed by atoms with Crippen molar-refractivity contribution in [3.05, 3.63) is 53.9 Å². The number of nitrogens with one attached hydrogen (secondary N) is 1. The fourth-order valence-corrected chi connectivity index (χ4v) is 2.07. The predicted molar refractivity (Wildman–Crippen MR) is 77.0 cm³/mol. The first-order valence-electron chi connectivity index (χ1n) is 6.28. The molecule has 98 valence electrons. The minimum atomic E-state index is 0.541. The summed E-state index contributed by atoms with van der Waals surface area (Å²) in [4.78, 5) is 4.50. The number of nitriles is 1. The largest absolute Gasteiger partial charge is 0.363 e. The van der Waals surface area contributed by atoms with E-state index < -0.39 is 0 Å². The van der Waals surface area contributed by atoms with E-state index in [0.717, 1.165) is 16.6 Å². The van der Waals surface area contributed by atoms with E-state index in [1.807, 2.05) is 49.6 Å². The molecule has 5 heteroatoms. The van der Waals surface area contributed by atoms with Gasteiger partial charge in [0.05, 0.1) is 23.3 Å². The summed E-state index contributed by atoms with van der Waals surface area (Å²) in [6.45, 7) is 0.543. The van der Waals surface area contributed by atoms with Crippen LogP contribution < -0.4 is 5.32 Å². The molecule has 0 atom stereocenters. The normalized spacial score (nSPS) is 10.4. The lowest BCUT2D eigenvalue weighted by Crippen LogP contribution is -2.05. The summed E-state index contributed by atoms with van der Waals surface area (Å²) in [6, 6.07) is 13.7. The number of para-hydroxylation sites is 1. The van der Waals surface area contributed by atoms with Crippen molar-refractivity contribution in [1.29, 1.82) is 5.26 Å². The Balaban J connectivity index is 1.92. The Kier molecular flexibility index (Phi) is 3.05. The summed E-state index contributed by atoms with van der Waals surface area (Å²) in [5.74, 6) is 0.594. The number of hydrogen-bond acceptors (Lipinski definition) is 4. The highest BCUT2D eigenvalue weighted by Gasteiger charge is 2.07. The van der Waals surface area contributed by atoms with Gasteiger partial charge >= 0.3 is 0 Å². The maximum Gasteiger partial charge on any atom is 0.144 e. The van der Waals surface area contributed by atoms with Gasteiger partial charge in [-0.05, 0) is 18.2 Å². The highest BCUT2D eigenvalue weighted by atomic mass is 15.3. The summed E-state index contributed by atoms with van der Waals surface area (Å²) in [5.41, 5.74) is 2.32.